The van der Waals surface area contributed by atoms with Crippen molar-refractivity contribution in [2.24, 2.45) is 28.2 Å². The van der Waals surface area contributed by atoms with E-state index in [1.807, 2.05) is 6.92 Å². The molecule has 4 N–H and O–H groups in total. The van der Waals surface area contributed by atoms with E-state index in [1.165, 1.54) is 0 Å². The molecule has 0 aliphatic carbocycles. The Bertz CT molecular complexity index is 187. The van der Waals surface area contributed by atoms with Crippen molar-refractivity contribution in [1.82, 2.24) is 0 Å². The molecule has 14 heavy (non-hydrogen) atoms. The average Bonchev–Trinajstić information content (AvgIpc) is 2.00. The van der Waals surface area contributed by atoms with Gasteiger partial charge in [-0.1, -0.05) is 48.0 Å². The summed E-state index contributed by atoms with van der Waals surface area (Å²) < 4.78 is 0. The van der Waals surface area contributed by atoms with Crippen molar-refractivity contribution in [1.29, 1.82) is 0 Å². The lowest BCUT2D eigenvalue weighted by molar-refractivity contribution is -0.0151. The van der Waals surface area contributed by atoms with E-state index in [0.717, 1.165) is 6.42 Å². The maximum Gasteiger partial charge on any atom is 0.0665 e. The summed E-state index contributed by atoms with van der Waals surface area (Å²) in [7, 11) is 0. The molecule has 0 bridgehead atoms. The molecule has 0 radical (unpaired) electrons. The molecule has 2 nitrogen and oxygen atoms in total. The summed E-state index contributed by atoms with van der Waals surface area (Å²) in [5.74, 6) is 0.615. The van der Waals surface area contributed by atoms with E-state index in [4.69, 9.17) is 11.5 Å². The Hall–Kier alpha value is -0.0800. The Morgan fingerprint density at radius 1 is 1.00 bits per heavy atom. The monoisotopic (exact) mass is 200 g/mol. The topological polar surface area (TPSA) is 52.0 Å². The summed E-state index contributed by atoms with van der Waals surface area (Å²) in [5.41, 5.74) is 11.6. The first-order chi connectivity index (χ1) is 5.98. The second-order valence-corrected chi connectivity index (χ2v) is 5.94. The van der Waals surface area contributed by atoms with Gasteiger partial charge in [0, 0.05) is 5.41 Å². The van der Waals surface area contributed by atoms with Crippen LogP contribution >= 0.6 is 0 Å². The van der Waals surface area contributed by atoms with Gasteiger partial charge >= 0.3 is 0 Å². The molecule has 2 heteroatoms. The fourth-order valence-corrected chi connectivity index (χ4v) is 1.82. The predicted molar refractivity (Wildman–Crippen MR) is 63.8 cm³/mol. The van der Waals surface area contributed by atoms with Gasteiger partial charge in [0.05, 0.1) is 5.66 Å². The molecule has 1 unspecified atom stereocenters. The number of hydrogen-bond acceptors (Lipinski definition) is 2. The van der Waals surface area contributed by atoms with Crippen LogP contribution in [0.2, 0.25) is 0 Å². The zero-order valence-corrected chi connectivity index (χ0v) is 10.9. The highest BCUT2D eigenvalue weighted by Gasteiger charge is 2.48. The summed E-state index contributed by atoms with van der Waals surface area (Å²) in [4.78, 5) is 0. The maximum absolute atomic E-state index is 6.07. The Kier molecular flexibility index (Phi) is 3.80. The van der Waals surface area contributed by atoms with Crippen LogP contribution in [0.1, 0.15) is 54.9 Å². The van der Waals surface area contributed by atoms with Crippen LogP contribution in [0.4, 0.5) is 0 Å². The van der Waals surface area contributed by atoms with E-state index in [2.05, 4.69) is 41.5 Å². The fourth-order valence-electron chi connectivity index (χ4n) is 1.82. The van der Waals surface area contributed by atoms with Crippen LogP contribution in [0.3, 0.4) is 0 Å². The predicted octanol–water partition coefficient (Wildman–Crippen LogP) is 2.72. The highest BCUT2D eigenvalue weighted by Crippen LogP contribution is 2.49. The van der Waals surface area contributed by atoms with Gasteiger partial charge in [-0.25, -0.2) is 0 Å². The summed E-state index contributed by atoms with van der Waals surface area (Å²) in [6.07, 6.45) is 1.16. The molecular weight excluding hydrogens is 172 g/mol. The lowest BCUT2D eigenvalue weighted by Gasteiger charge is -2.52. The molecule has 0 fully saturated rings. The third-order valence-electron chi connectivity index (χ3n) is 4.80. The fraction of sp³-hybridized carbons (Fsp3) is 1.00. The molecule has 1 atom stereocenters. The van der Waals surface area contributed by atoms with Crippen molar-refractivity contribution in [3.8, 4) is 0 Å². The van der Waals surface area contributed by atoms with Crippen molar-refractivity contribution >= 4 is 0 Å². The second kappa shape index (κ2) is 3.82. The van der Waals surface area contributed by atoms with E-state index >= 15 is 0 Å². The standard InChI is InChI=1S/C12H28N2/c1-8-9(2)10(3,4)11(5,6)12(7,13)14/h9H,8,13-14H2,1-7H3. The van der Waals surface area contributed by atoms with E-state index < -0.39 is 5.66 Å². The molecule has 0 saturated heterocycles. The molecule has 0 aromatic carbocycles. The van der Waals surface area contributed by atoms with Gasteiger partial charge in [-0.15, -0.1) is 0 Å². The van der Waals surface area contributed by atoms with Crippen LogP contribution in [0.5, 0.6) is 0 Å². The number of rotatable bonds is 4. The normalized spacial score (nSPS) is 16.9. The van der Waals surface area contributed by atoms with Crippen LogP contribution in [-0.4, -0.2) is 5.66 Å². The zero-order chi connectivity index (χ0) is 11.8. The summed E-state index contributed by atoms with van der Waals surface area (Å²) in [6.45, 7) is 15.3. The average molecular weight is 200 g/mol. The molecule has 0 heterocycles. The van der Waals surface area contributed by atoms with Gasteiger partial charge in [-0.3, -0.25) is 0 Å². The van der Waals surface area contributed by atoms with Crippen LogP contribution in [0.15, 0.2) is 0 Å². The minimum absolute atomic E-state index is 0.0879. The van der Waals surface area contributed by atoms with Gasteiger partial charge in [-0.2, -0.15) is 0 Å². The maximum atomic E-state index is 6.07. The first-order valence-electron chi connectivity index (χ1n) is 5.56. The minimum Gasteiger partial charge on any atom is -0.313 e. The molecular formula is C12H28N2. The quantitative estimate of drug-likeness (QED) is 0.686. The van der Waals surface area contributed by atoms with Crippen molar-refractivity contribution in [2.75, 3.05) is 0 Å². The number of hydrogen-bond donors (Lipinski definition) is 2. The number of nitrogens with two attached hydrogens (primary N) is 2. The van der Waals surface area contributed by atoms with Crippen molar-refractivity contribution in [3.05, 3.63) is 0 Å². The summed E-state index contributed by atoms with van der Waals surface area (Å²) in [6, 6.07) is 0. The van der Waals surface area contributed by atoms with E-state index in [0.29, 0.717) is 5.92 Å². The zero-order valence-electron chi connectivity index (χ0n) is 10.9. The SMILES string of the molecule is CCC(C)C(C)(C)C(C)(C)C(C)(N)N. The lowest BCUT2D eigenvalue weighted by atomic mass is 9.56. The van der Waals surface area contributed by atoms with Gasteiger partial charge in [-0.05, 0) is 18.3 Å². The molecule has 0 saturated carbocycles. The highest BCUT2D eigenvalue weighted by atomic mass is 15.0. The van der Waals surface area contributed by atoms with Crippen LogP contribution < -0.4 is 11.5 Å². The molecule has 0 aromatic heterocycles. The Morgan fingerprint density at radius 2 is 1.36 bits per heavy atom. The van der Waals surface area contributed by atoms with Crippen LogP contribution in [0.25, 0.3) is 0 Å². The molecule has 0 spiro atoms. The van der Waals surface area contributed by atoms with Gasteiger partial charge in [0.15, 0.2) is 0 Å². The molecule has 0 rings (SSSR count). The smallest absolute Gasteiger partial charge is 0.0665 e. The van der Waals surface area contributed by atoms with E-state index in [9.17, 15) is 0 Å². The van der Waals surface area contributed by atoms with Gasteiger partial charge < -0.3 is 11.5 Å². The van der Waals surface area contributed by atoms with Crippen LogP contribution in [-0.2, 0) is 0 Å². The third kappa shape index (κ3) is 2.12. The molecule has 0 aliphatic rings. The van der Waals surface area contributed by atoms with Crippen molar-refractivity contribution in [2.45, 2.75) is 60.5 Å². The largest absolute Gasteiger partial charge is 0.313 e. The van der Waals surface area contributed by atoms with Crippen molar-refractivity contribution in [3.63, 3.8) is 0 Å². The van der Waals surface area contributed by atoms with Gasteiger partial charge in [0.25, 0.3) is 0 Å². The lowest BCUT2D eigenvalue weighted by Crippen LogP contribution is -2.64. The summed E-state index contributed by atoms with van der Waals surface area (Å²) in [5, 5.41) is 0. The first-order valence-corrected chi connectivity index (χ1v) is 5.56. The molecule has 0 aromatic rings. The van der Waals surface area contributed by atoms with Crippen LogP contribution in [0, 0.1) is 16.7 Å². The summed E-state index contributed by atoms with van der Waals surface area (Å²) >= 11 is 0. The highest BCUT2D eigenvalue weighted by molar-refractivity contribution is 5.00. The third-order valence-corrected chi connectivity index (χ3v) is 4.80. The van der Waals surface area contributed by atoms with Gasteiger partial charge in [0.1, 0.15) is 0 Å². The first kappa shape index (κ1) is 13.9. The Morgan fingerprint density at radius 3 is 1.57 bits per heavy atom. The minimum atomic E-state index is -0.639. The van der Waals surface area contributed by atoms with Gasteiger partial charge in [0.2, 0.25) is 0 Å². The Labute approximate surface area is 89.4 Å². The van der Waals surface area contributed by atoms with Crippen molar-refractivity contribution < 1.29 is 0 Å². The van der Waals surface area contributed by atoms with E-state index in [-0.39, 0.29) is 10.8 Å². The molecule has 0 amide bonds. The van der Waals surface area contributed by atoms with E-state index in [1.54, 1.807) is 0 Å². The molecule has 0 aliphatic heterocycles. The second-order valence-electron chi connectivity index (χ2n) is 5.94. The Balaban J connectivity index is 5.07. The molecule has 86 valence electrons.